The van der Waals surface area contributed by atoms with Gasteiger partial charge in [-0.2, -0.15) is 0 Å². The lowest BCUT2D eigenvalue weighted by Gasteiger charge is -2.41. The normalized spacial score (nSPS) is 20.2. The van der Waals surface area contributed by atoms with Gasteiger partial charge < -0.3 is 10.2 Å². The Hall–Kier alpha value is -2.49. The van der Waals surface area contributed by atoms with Crippen LogP contribution in [0.4, 0.5) is 0 Å². The molecule has 182 valence electrons. The first-order valence-corrected chi connectivity index (χ1v) is 13.8. The number of piperazine rings is 1. The molecule has 0 aromatic heterocycles. The van der Waals surface area contributed by atoms with E-state index in [9.17, 15) is 8.42 Å². The number of hydrogen-bond donors (Lipinski definition) is 2. The molecule has 35 heavy (non-hydrogen) atoms. The number of thiocarbonyl (C=S) groups is 1. The zero-order valence-electron chi connectivity index (χ0n) is 19.2. The highest BCUT2D eigenvalue weighted by molar-refractivity contribution is 7.89. The predicted molar refractivity (Wildman–Crippen MR) is 145 cm³/mol. The molecular formula is C26H27ClN4O2S2. The molecule has 0 saturated carbocycles. The summed E-state index contributed by atoms with van der Waals surface area (Å²) in [5, 5.41) is 6.67. The Balaban J connectivity index is 1.46. The smallest absolute Gasteiger partial charge is 0.241 e. The largest absolute Gasteiger partial charge is 0.359 e. The van der Waals surface area contributed by atoms with Gasteiger partial charge in [-0.15, -0.1) is 6.58 Å². The van der Waals surface area contributed by atoms with Gasteiger partial charge in [-0.3, -0.25) is 4.90 Å². The summed E-state index contributed by atoms with van der Waals surface area (Å²) in [5.74, 6) is 0. The molecule has 9 heteroatoms. The Morgan fingerprint density at radius 3 is 2.34 bits per heavy atom. The molecule has 0 spiro atoms. The van der Waals surface area contributed by atoms with Gasteiger partial charge in [-0.1, -0.05) is 54.1 Å². The van der Waals surface area contributed by atoms with Gasteiger partial charge in [0, 0.05) is 37.7 Å². The minimum absolute atomic E-state index is 0.116. The molecule has 2 aliphatic rings. The highest BCUT2D eigenvalue weighted by Gasteiger charge is 2.41. The number of benzene rings is 3. The van der Waals surface area contributed by atoms with Gasteiger partial charge >= 0.3 is 0 Å². The molecule has 2 atom stereocenters. The number of halogens is 1. The first-order chi connectivity index (χ1) is 16.9. The van der Waals surface area contributed by atoms with Crippen LogP contribution >= 0.6 is 23.8 Å². The lowest BCUT2D eigenvalue weighted by atomic mass is 10.0. The Labute approximate surface area is 216 Å². The van der Waals surface area contributed by atoms with Crippen LogP contribution < -0.4 is 10.0 Å². The molecule has 2 N–H and O–H groups in total. The van der Waals surface area contributed by atoms with E-state index in [1.165, 1.54) is 12.1 Å². The van der Waals surface area contributed by atoms with Gasteiger partial charge in [0.25, 0.3) is 0 Å². The fraction of sp³-hybridized carbons (Fsp3) is 0.269. The monoisotopic (exact) mass is 526 g/mol. The third-order valence-corrected chi connectivity index (χ3v) is 8.85. The Kier molecular flexibility index (Phi) is 6.83. The van der Waals surface area contributed by atoms with E-state index < -0.39 is 16.1 Å². The van der Waals surface area contributed by atoms with Gasteiger partial charge in [0.15, 0.2) is 5.11 Å². The standard InChI is InChI=1S/C26H27ClN4O2S2/c1-2-13-28-26(34)31-16-14-30(15-17-31)25-22-8-4-6-18-5-3-7-21(23(18)22)24(25)29-35(32,33)20-11-9-19(27)10-12-20/h2-12,24-25,29H,1,13-17H2,(H,28,34)/t24-,25-/m1/s1. The highest BCUT2D eigenvalue weighted by Crippen LogP contribution is 2.47. The summed E-state index contributed by atoms with van der Waals surface area (Å²) in [6.45, 7) is 7.43. The van der Waals surface area contributed by atoms with Crippen LogP contribution in [0.5, 0.6) is 0 Å². The van der Waals surface area contributed by atoms with Crippen LogP contribution in [0.2, 0.25) is 5.02 Å². The lowest BCUT2D eigenvalue weighted by Crippen LogP contribution is -2.53. The van der Waals surface area contributed by atoms with Crippen molar-refractivity contribution in [2.24, 2.45) is 0 Å². The van der Waals surface area contributed by atoms with Gasteiger partial charge in [-0.05, 0) is 58.4 Å². The molecule has 1 heterocycles. The molecule has 1 saturated heterocycles. The molecule has 5 rings (SSSR count). The maximum absolute atomic E-state index is 13.4. The van der Waals surface area contributed by atoms with Crippen molar-refractivity contribution in [1.29, 1.82) is 0 Å². The zero-order valence-corrected chi connectivity index (χ0v) is 21.5. The highest BCUT2D eigenvalue weighted by atomic mass is 35.5. The Morgan fingerprint density at radius 2 is 1.69 bits per heavy atom. The van der Waals surface area contributed by atoms with E-state index in [0.29, 0.717) is 11.6 Å². The van der Waals surface area contributed by atoms with Gasteiger partial charge in [0.2, 0.25) is 10.0 Å². The van der Waals surface area contributed by atoms with Crippen molar-refractivity contribution in [2.75, 3.05) is 32.7 Å². The summed E-state index contributed by atoms with van der Waals surface area (Å²) in [5.41, 5.74) is 2.16. The van der Waals surface area contributed by atoms with Gasteiger partial charge in [0.1, 0.15) is 0 Å². The molecular weight excluding hydrogens is 500 g/mol. The van der Waals surface area contributed by atoms with Crippen molar-refractivity contribution in [3.8, 4) is 0 Å². The van der Waals surface area contributed by atoms with Crippen LogP contribution in [-0.2, 0) is 10.0 Å². The van der Waals surface area contributed by atoms with E-state index in [-0.39, 0.29) is 10.9 Å². The summed E-state index contributed by atoms with van der Waals surface area (Å²) in [7, 11) is -3.77. The second kappa shape index (κ2) is 9.87. The van der Waals surface area contributed by atoms with Crippen LogP contribution in [0.3, 0.4) is 0 Å². The molecule has 0 radical (unpaired) electrons. The number of nitrogens with zero attached hydrogens (tertiary/aromatic N) is 2. The fourth-order valence-corrected chi connectivity index (χ4v) is 6.73. The van der Waals surface area contributed by atoms with Crippen molar-refractivity contribution < 1.29 is 8.42 Å². The molecule has 3 aromatic carbocycles. The van der Waals surface area contributed by atoms with Crippen LogP contribution in [0, 0.1) is 0 Å². The number of nitrogens with one attached hydrogen (secondary N) is 2. The average Bonchev–Trinajstić information content (AvgIpc) is 3.17. The van der Waals surface area contributed by atoms with Gasteiger partial charge in [-0.25, -0.2) is 13.1 Å². The predicted octanol–water partition coefficient (Wildman–Crippen LogP) is 4.25. The summed E-state index contributed by atoms with van der Waals surface area (Å²) in [6.07, 6.45) is 1.79. The molecule has 3 aromatic rings. The number of sulfonamides is 1. The average molecular weight is 527 g/mol. The zero-order chi connectivity index (χ0) is 24.6. The van der Waals surface area contributed by atoms with Crippen molar-refractivity contribution in [1.82, 2.24) is 19.8 Å². The van der Waals surface area contributed by atoms with E-state index in [2.05, 4.69) is 50.7 Å². The Bertz CT molecular complexity index is 1360. The fourth-order valence-electron chi connectivity index (χ4n) is 5.11. The van der Waals surface area contributed by atoms with E-state index in [4.69, 9.17) is 23.8 Å². The van der Waals surface area contributed by atoms with Crippen molar-refractivity contribution in [3.63, 3.8) is 0 Å². The summed E-state index contributed by atoms with van der Waals surface area (Å²) >= 11 is 11.5. The molecule has 0 bridgehead atoms. The molecule has 1 aliphatic carbocycles. The topological polar surface area (TPSA) is 64.7 Å². The third kappa shape index (κ3) is 4.69. The van der Waals surface area contributed by atoms with Crippen LogP contribution in [0.25, 0.3) is 10.8 Å². The molecule has 0 unspecified atom stereocenters. The molecule has 6 nitrogen and oxygen atoms in total. The summed E-state index contributed by atoms with van der Waals surface area (Å²) in [4.78, 5) is 4.73. The van der Waals surface area contributed by atoms with Crippen LogP contribution in [0.15, 0.2) is 78.2 Å². The second-order valence-electron chi connectivity index (χ2n) is 8.79. The SMILES string of the molecule is C=CCNC(=S)N1CCN([C@@H]2c3cccc4cccc(c34)[C@H]2NS(=O)(=O)c2ccc(Cl)cc2)CC1. The van der Waals surface area contributed by atoms with E-state index in [1.54, 1.807) is 18.2 Å². The maximum Gasteiger partial charge on any atom is 0.241 e. The van der Waals surface area contributed by atoms with Crippen LogP contribution in [0.1, 0.15) is 23.2 Å². The number of rotatable bonds is 6. The molecule has 0 amide bonds. The molecule has 1 aliphatic heterocycles. The summed E-state index contributed by atoms with van der Waals surface area (Å²) in [6, 6.07) is 18.1. The van der Waals surface area contributed by atoms with Crippen molar-refractivity contribution in [3.05, 3.63) is 89.5 Å². The van der Waals surface area contributed by atoms with E-state index in [1.807, 2.05) is 12.1 Å². The van der Waals surface area contributed by atoms with Gasteiger partial charge in [0.05, 0.1) is 17.0 Å². The second-order valence-corrected chi connectivity index (χ2v) is 11.3. The Morgan fingerprint density at radius 1 is 1.03 bits per heavy atom. The maximum atomic E-state index is 13.4. The first kappa shape index (κ1) is 24.2. The quantitative estimate of drug-likeness (QED) is 0.370. The van der Waals surface area contributed by atoms with Crippen molar-refractivity contribution in [2.45, 2.75) is 17.0 Å². The lowest BCUT2D eigenvalue weighted by molar-refractivity contribution is 0.116. The minimum atomic E-state index is -3.77. The van der Waals surface area contributed by atoms with Crippen molar-refractivity contribution >= 4 is 49.7 Å². The van der Waals surface area contributed by atoms with Crippen LogP contribution in [-0.4, -0.2) is 56.1 Å². The minimum Gasteiger partial charge on any atom is -0.359 e. The van der Waals surface area contributed by atoms with E-state index in [0.717, 1.165) is 53.2 Å². The third-order valence-electron chi connectivity index (χ3n) is 6.74. The molecule has 1 fully saturated rings. The summed E-state index contributed by atoms with van der Waals surface area (Å²) < 4.78 is 29.9. The number of hydrogen-bond acceptors (Lipinski definition) is 4. The van der Waals surface area contributed by atoms with E-state index >= 15 is 0 Å². The first-order valence-electron chi connectivity index (χ1n) is 11.6.